The molecule has 18 heavy (non-hydrogen) atoms. The second kappa shape index (κ2) is 8.19. The van der Waals surface area contributed by atoms with E-state index < -0.39 is 0 Å². The van der Waals surface area contributed by atoms with Crippen LogP contribution in [0.15, 0.2) is 0 Å². The zero-order valence-electron chi connectivity index (χ0n) is 11.5. The number of H-pyrrole nitrogens is 1. The highest BCUT2D eigenvalue weighted by molar-refractivity contribution is 7.98. The van der Waals surface area contributed by atoms with E-state index in [1.165, 1.54) is 25.0 Å². The third-order valence-corrected chi connectivity index (χ3v) is 3.61. The molecular formula is C13H23N3OS. The maximum atomic E-state index is 11.9. The predicted octanol–water partition coefficient (Wildman–Crippen LogP) is 2.68. The molecule has 0 bridgehead atoms. The van der Waals surface area contributed by atoms with Gasteiger partial charge in [-0.25, -0.2) is 0 Å². The number of aryl methyl sites for hydroxylation is 2. The summed E-state index contributed by atoms with van der Waals surface area (Å²) in [6.07, 6.45) is 6.89. The molecule has 1 amide bonds. The molecule has 2 N–H and O–H groups in total. The number of amides is 1. The monoisotopic (exact) mass is 269 g/mol. The average Bonchev–Trinajstić information content (AvgIpc) is 2.68. The molecule has 102 valence electrons. The van der Waals surface area contributed by atoms with Gasteiger partial charge in [-0.15, -0.1) is 0 Å². The molecule has 0 radical (unpaired) electrons. The van der Waals surface area contributed by atoms with Crippen LogP contribution in [-0.4, -0.2) is 34.7 Å². The minimum atomic E-state index is -0.0112. The minimum Gasteiger partial charge on any atom is -0.352 e. The molecule has 1 heterocycles. The van der Waals surface area contributed by atoms with Crippen molar-refractivity contribution in [3.8, 4) is 0 Å². The normalized spacial score (nSPS) is 10.6. The second-order valence-electron chi connectivity index (χ2n) is 4.47. The summed E-state index contributed by atoms with van der Waals surface area (Å²) in [4.78, 5) is 11.9. The second-order valence-corrected chi connectivity index (χ2v) is 5.46. The zero-order valence-corrected chi connectivity index (χ0v) is 12.3. The summed E-state index contributed by atoms with van der Waals surface area (Å²) in [6.45, 7) is 4.47. The molecule has 0 aliphatic heterocycles. The Labute approximate surface area is 113 Å². The molecule has 0 aliphatic carbocycles. The van der Waals surface area contributed by atoms with E-state index in [9.17, 15) is 4.79 Å². The van der Waals surface area contributed by atoms with Gasteiger partial charge in [0.15, 0.2) is 0 Å². The molecule has 0 atom stereocenters. The number of rotatable bonds is 8. The van der Waals surface area contributed by atoms with E-state index >= 15 is 0 Å². The van der Waals surface area contributed by atoms with Gasteiger partial charge in [-0.2, -0.15) is 16.9 Å². The maximum absolute atomic E-state index is 11.9. The van der Waals surface area contributed by atoms with Gasteiger partial charge in [0.25, 0.3) is 5.91 Å². The van der Waals surface area contributed by atoms with Crippen LogP contribution in [0.5, 0.6) is 0 Å². The first kappa shape index (κ1) is 15.1. The topological polar surface area (TPSA) is 57.8 Å². The number of aromatic nitrogens is 2. The van der Waals surface area contributed by atoms with Crippen LogP contribution in [0.3, 0.4) is 0 Å². The van der Waals surface area contributed by atoms with Crippen LogP contribution in [0.25, 0.3) is 0 Å². The highest BCUT2D eigenvalue weighted by Crippen LogP contribution is 2.09. The largest absolute Gasteiger partial charge is 0.352 e. The van der Waals surface area contributed by atoms with Gasteiger partial charge in [0, 0.05) is 12.2 Å². The molecule has 1 aromatic rings. The quantitative estimate of drug-likeness (QED) is 0.713. The van der Waals surface area contributed by atoms with Crippen molar-refractivity contribution in [3.05, 3.63) is 17.0 Å². The number of hydrogen-bond acceptors (Lipinski definition) is 3. The van der Waals surface area contributed by atoms with Crippen LogP contribution in [-0.2, 0) is 0 Å². The zero-order chi connectivity index (χ0) is 13.4. The lowest BCUT2D eigenvalue weighted by atomic mass is 10.1. The smallest absolute Gasteiger partial charge is 0.255 e. The van der Waals surface area contributed by atoms with Crippen LogP contribution in [0.2, 0.25) is 0 Å². The van der Waals surface area contributed by atoms with Crippen molar-refractivity contribution in [2.45, 2.75) is 39.5 Å². The van der Waals surface area contributed by atoms with Crippen LogP contribution in [0.1, 0.15) is 47.4 Å². The van der Waals surface area contributed by atoms with Gasteiger partial charge < -0.3 is 5.32 Å². The summed E-state index contributed by atoms with van der Waals surface area (Å²) < 4.78 is 0. The fraction of sp³-hybridized carbons (Fsp3) is 0.692. The number of carbonyl (C=O) groups is 1. The molecule has 0 fully saturated rings. The minimum absolute atomic E-state index is 0.0112. The molecule has 1 rings (SSSR count). The summed E-state index contributed by atoms with van der Waals surface area (Å²) in [7, 11) is 0. The summed E-state index contributed by atoms with van der Waals surface area (Å²) in [5, 5.41) is 9.81. The molecule has 0 aromatic carbocycles. The van der Waals surface area contributed by atoms with E-state index in [-0.39, 0.29) is 5.91 Å². The molecule has 0 spiro atoms. The summed E-state index contributed by atoms with van der Waals surface area (Å²) in [6, 6.07) is 0. The molecule has 1 aromatic heterocycles. The maximum Gasteiger partial charge on any atom is 0.255 e. The van der Waals surface area contributed by atoms with Crippen molar-refractivity contribution in [2.75, 3.05) is 18.6 Å². The first-order chi connectivity index (χ1) is 8.66. The molecule has 0 saturated heterocycles. The van der Waals surface area contributed by atoms with E-state index in [0.29, 0.717) is 5.56 Å². The molecule has 0 saturated carbocycles. The number of unbranched alkanes of at least 4 members (excludes halogenated alkanes) is 3. The fourth-order valence-electron chi connectivity index (χ4n) is 1.90. The summed E-state index contributed by atoms with van der Waals surface area (Å²) in [5.74, 6) is 1.22. The van der Waals surface area contributed by atoms with Gasteiger partial charge in [0.2, 0.25) is 0 Å². The van der Waals surface area contributed by atoms with E-state index in [1.54, 1.807) is 0 Å². The lowest BCUT2D eigenvalue weighted by molar-refractivity contribution is 0.0952. The van der Waals surface area contributed by atoms with Crippen molar-refractivity contribution in [1.29, 1.82) is 0 Å². The van der Waals surface area contributed by atoms with E-state index in [0.717, 1.165) is 24.4 Å². The van der Waals surface area contributed by atoms with Gasteiger partial charge in [-0.05, 0) is 38.7 Å². The third-order valence-electron chi connectivity index (χ3n) is 2.92. The number of carbonyl (C=O) groups excluding carboxylic acids is 1. The first-order valence-electron chi connectivity index (χ1n) is 6.45. The number of thioether (sulfide) groups is 1. The Morgan fingerprint density at radius 1 is 1.28 bits per heavy atom. The highest BCUT2D eigenvalue weighted by Gasteiger charge is 2.14. The number of nitrogens with zero attached hydrogens (tertiary/aromatic N) is 1. The molecule has 4 nitrogen and oxygen atoms in total. The van der Waals surface area contributed by atoms with Gasteiger partial charge in [-0.1, -0.05) is 12.8 Å². The van der Waals surface area contributed by atoms with Crippen molar-refractivity contribution in [3.63, 3.8) is 0 Å². The van der Waals surface area contributed by atoms with Gasteiger partial charge in [0.05, 0.1) is 11.3 Å². The summed E-state index contributed by atoms with van der Waals surface area (Å²) >= 11 is 1.89. The van der Waals surface area contributed by atoms with Crippen molar-refractivity contribution < 1.29 is 4.79 Å². The van der Waals surface area contributed by atoms with Gasteiger partial charge in [0.1, 0.15) is 0 Å². The Kier molecular flexibility index (Phi) is 6.86. The predicted molar refractivity (Wildman–Crippen MR) is 77.2 cm³/mol. The number of aromatic amines is 1. The Morgan fingerprint density at radius 2 is 2.00 bits per heavy atom. The Hall–Kier alpha value is -0.970. The SMILES string of the molecule is CSCCCCCCNC(=O)c1c(C)n[nH]c1C. The molecule has 0 aliphatic rings. The Balaban J connectivity index is 2.18. The number of hydrogen-bond donors (Lipinski definition) is 2. The third kappa shape index (κ3) is 4.72. The van der Waals surface area contributed by atoms with Gasteiger partial charge in [-0.3, -0.25) is 9.89 Å². The van der Waals surface area contributed by atoms with E-state index in [1.807, 2.05) is 25.6 Å². The molecular weight excluding hydrogens is 246 g/mol. The lowest BCUT2D eigenvalue weighted by Crippen LogP contribution is -2.25. The summed E-state index contributed by atoms with van der Waals surface area (Å²) in [5.41, 5.74) is 2.30. The van der Waals surface area contributed by atoms with Crippen LogP contribution in [0.4, 0.5) is 0 Å². The van der Waals surface area contributed by atoms with E-state index in [4.69, 9.17) is 0 Å². The lowest BCUT2D eigenvalue weighted by Gasteiger charge is -2.05. The van der Waals surface area contributed by atoms with Gasteiger partial charge >= 0.3 is 0 Å². The van der Waals surface area contributed by atoms with Crippen molar-refractivity contribution >= 4 is 17.7 Å². The highest BCUT2D eigenvalue weighted by atomic mass is 32.2. The standard InChI is InChI=1S/C13H23N3OS/c1-10-12(11(2)16-15-10)13(17)14-8-6-4-5-7-9-18-3/h4-9H2,1-3H3,(H,14,17)(H,15,16). The Bertz CT molecular complexity index is 357. The van der Waals surface area contributed by atoms with Crippen molar-refractivity contribution in [1.82, 2.24) is 15.5 Å². The van der Waals surface area contributed by atoms with E-state index in [2.05, 4.69) is 21.8 Å². The first-order valence-corrected chi connectivity index (χ1v) is 7.85. The molecule has 0 unspecified atom stereocenters. The average molecular weight is 269 g/mol. The van der Waals surface area contributed by atoms with Crippen molar-refractivity contribution in [2.24, 2.45) is 0 Å². The fourth-order valence-corrected chi connectivity index (χ4v) is 2.39. The number of nitrogens with one attached hydrogen (secondary N) is 2. The van der Waals surface area contributed by atoms with Crippen LogP contribution < -0.4 is 5.32 Å². The Morgan fingerprint density at radius 3 is 2.61 bits per heavy atom. The molecule has 5 heteroatoms. The van der Waals surface area contributed by atoms with Crippen LogP contribution >= 0.6 is 11.8 Å². The van der Waals surface area contributed by atoms with Crippen LogP contribution in [0, 0.1) is 13.8 Å².